The molecule has 0 aliphatic heterocycles. The Morgan fingerprint density at radius 3 is 2.57 bits per heavy atom. The van der Waals surface area contributed by atoms with Gasteiger partial charge in [-0.2, -0.15) is 5.26 Å². The van der Waals surface area contributed by atoms with Crippen LogP contribution in [0, 0.1) is 18.3 Å². The summed E-state index contributed by atoms with van der Waals surface area (Å²) in [5.41, 5.74) is 13.3. The number of aryl methyl sites for hydroxylation is 1. The largest absolute Gasteiger partial charge is 0.327 e. The monoisotopic (exact) mass is 367 g/mol. The molecule has 0 saturated heterocycles. The lowest BCUT2D eigenvalue weighted by atomic mass is 9.94. The van der Waals surface area contributed by atoms with Gasteiger partial charge >= 0.3 is 0 Å². The third-order valence-electron chi connectivity index (χ3n) is 5.25. The van der Waals surface area contributed by atoms with Crippen LogP contribution >= 0.6 is 0 Å². The molecule has 0 bridgehead atoms. The summed E-state index contributed by atoms with van der Waals surface area (Å²) >= 11 is 0. The zero-order valence-corrected chi connectivity index (χ0v) is 15.7. The molecule has 4 nitrogen and oxygen atoms in total. The zero-order valence-electron chi connectivity index (χ0n) is 15.7. The number of fused-ring (bicyclic) bond motifs is 1. The molecule has 4 rings (SSSR count). The van der Waals surface area contributed by atoms with Crippen molar-refractivity contribution >= 4 is 11.6 Å². The van der Waals surface area contributed by atoms with Crippen LogP contribution in [0.4, 0.5) is 5.69 Å². The fourth-order valence-electron chi connectivity index (χ4n) is 3.88. The van der Waals surface area contributed by atoms with Crippen molar-refractivity contribution in [3.63, 3.8) is 0 Å². The number of nitrogens with zero attached hydrogens (tertiary/aromatic N) is 1. The maximum absolute atomic E-state index is 13.1. The Bertz CT molecular complexity index is 1090. The van der Waals surface area contributed by atoms with Gasteiger partial charge in [-0.25, -0.2) is 0 Å². The second kappa shape index (κ2) is 7.30. The van der Waals surface area contributed by atoms with Crippen LogP contribution in [0.5, 0.6) is 0 Å². The molecule has 3 aromatic carbocycles. The first kappa shape index (κ1) is 18.0. The SMILES string of the molecule is Cc1cccc(C(=O)Nc2ccc3c(c2)CC(N)C3)c1-c1ccc(C#N)cc1. The number of hydrogen-bond donors (Lipinski definition) is 2. The minimum absolute atomic E-state index is 0.148. The predicted octanol–water partition coefficient (Wildman–Crippen LogP) is 4.21. The highest BCUT2D eigenvalue weighted by molar-refractivity contribution is 6.09. The molecule has 0 spiro atoms. The number of nitriles is 1. The average Bonchev–Trinajstić information content (AvgIpc) is 3.07. The number of benzene rings is 3. The van der Waals surface area contributed by atoms with E-state index in [-0.39, 0.29) is 11.9 Å². The number of rotatable bonds is 3. The molecule has 0 fully saturated rings. The molecule has 0 aromatic heterocycles. The van der Waals surface area contributed by atoms with Crippen LogP contribution in [0.2, 0.25) is 0 Å². The third kappa shape index (κ3) is 3.40. The number of anilines is 1. The highest BCUT2D eigenvalue weighted by atomic mass is 16.1. The molecule has 0 radical (unpaired) electrons. The van der Waals surface area contributed by atoms with Crippen molar-refractivity contribution in [2.24, 2.45) is 5.73 Å². The van der Waals surface area contributed by atoms with E-state index in [2.05, 4.69) is 17.5 Å². The summed E-state index contributed by atoms with van der Waals surface area (Å²) in [6, 6.07) is 21.3. The van der Waals surface area contributed by atoms with Gasteiger partial charge in [-0.05, 0) is 77.9 Å². The Morgan fingerprint density at radius 1 is 1.07 bits per heavy atom. The van der Waals surface area contributed by atoms with Crippen molar-refractivity contribution in [1.29, 1.82) is 5.26 Å². The standard InChI is InChI=1S/C24H21N3O/c1-15-3-2-4-22(23(15)17-7-5-16(14-25)6-8-17)24(28)27-21-10-9-18-11-20(26)12-19(18)13-21/h2-10,13,20H,11-12,26H2,1H3,(H,27,28). The van der Waals surface area contributed by atoms with Crippen molar-refractivity contribution in [1.82, 2.24) is 0 Å². The lowest BCUT2D eigenvalue weighted by Gasteiger charge is -2.14. The van der Waals surface area contributed by atoms with Gasteiger partial charge in [-0.15, -0.1) is 0 Å². The first-order valence-corrected chi connectivity index (χ1v) is 9.34. The number of hydrogen-bond acceptors (Lipinski definition) is 3. The van der Waals surface area contributed by atoms with Crippen LogP contribution in [-0.4, -0.2) is 11.9 Å². The summed E-state index contributed by atoms with van der Waals surface area (Å²) in [5, 5.41) is 12.1. The third-order valence-corrected chi connectivity index (χ3v) is 5.25. The molecule has 138 valence electrons. The highest BCUT2D eigenvalue weighted by Gasteiger charge is 2.19. The van der Waals surface area contributed by atoms with Gasteiger partial charge < -0.3 is 11.1 Å². The molecule has 0 heterocycles. The minimum atomic E-state index is -0.148. The summed E-state index contributed by atoms with van der Waals surface area (Å²) < 4.78 is 0. The molecular weight excluding hydrogens is 346 g/mol. The molecule has 1 aliphatic rings. The average molecular weight is 367 g/mol. The summed E-state index contributed by atoms with van der Waals surface area (Å²) in [7, 11) is 0. The van der Waals surface area contributed by atoms with E-state index in [0.29, 0.717) is 11.1 Å². The van der Waals surface area contributed by atoms with E-state index in [1.807, 2.05) is 49.4 Å². The normalized spacial score (nSPS) is 15.0. The fraction of sp³-hybridized carbons (Fsp3) is 0.167. The molecular formula is C24H21N3O. The van der Waals surface area contributed by atoms with Crippen LogP contribution in [0.25, 0.3) is 11.1 Å². The smallest absolute Gasteiger partial charge is 0.256 e. The summed E-state index contributed by atoms with van der Waals surface area (Å²) in [6.07, 6.45) is 1.74. The van der Waals surface area contributed by atoms with Gasteiger partial charge in [0.05, 0.1) is 11.6 Å². The Balaban J connectivity index is 1.66. The van der Waals surface area contributed by atoms with Gasteiger partial charge in [0.15, 0.2) is 0 Å². The minimum Gasteiger partial charge on any atom is -0.327 e. The topological polar surface area (TPSA) is 78.9 Å². The molecule has 28 heavy (non-hydrogen) atoms. The van der Waals surface area contributed by atoms with Gasteiger partial charge in [0.1, 0.15) is 0 Å². The Morgan fingerprint density at radius 2 is 1.82 bits per heavy atom. The van der Waals surface area contributed by atoms with E-state index >= 15 is 0 Å². The molecule has 4 heteroatoms. The zero-order chi connectivity index (χ0) is 19.7. The van der Waals surface area contributed by atoms with E-state index < -0.39 is 0 Å². The van der Waals surface area contributed by atoms with Crippen LogP contribution in [0.15, 0.2) is 60.7 Å². The van der Waals surface area contributed by atoms with Gasteiger partial charge in [0.2, 0.25) is 0 Å². The maximum Gasteiger partial charge on any atom is 0.256 e. The highest BCUT2D eigenvalue weighted by Crippen LogP contribution is 2.29. The van der Waals surface area contributed by atoms with Crippen LogP contribution in [-0.2, 0) is 12.8 Å². The number of amides is 1. The molecule has 1 aliphatic carbocycles. The first-order chi connectivity index (χ1) is 13.5. The molecule has 1 amide bonds. The van der Waals surface area contributed by atoms with Crippen molar-refractivity contribution in [2.45, 2.75) is 25.8 Å². The molecule has 1 atom stereocenters. The predicted molar refractivity (Wildman–Crippen MR) is 111 cm³/mol. The number of nitrogens with one attached hydrogen (secondary N) is 1. The van der Waals surface area contributed by atoms with Crippen LogP contribution in [0.1, 0.15) is 32.6 Å². The Labute approximate surface area is 164 Å². The van der Waals surface area contributed by atoms with E-state index in [1.54, 1.807) is 12.1 Å². The van der Waals surface area contributed by atoms with E-state index in [1.165, 1.54) is 11.1 Å². The van der Waals surface area contributed by atoms with Gasteiger partial charge in [0.25, 0.3) is 5.91 Å². The van der Waals surface area contributed by atoms with Crippen molar-refractivity contribution < 1.29 is 4.79 Å². The second-order valence-electron chi connectivity index (χ2n) is 7.29. The number of carbonyl (C=O) groups excluding carboxylic acids is 1. The number of carbonyl (C=O) groups is 1. The van der Waals surface area contributed by atoms with Crippen molar-refractivity contribution in [3.8, 4) is 17.2 Å². The van der Waals surface area contributed by atoms with Gasteiger partial charge in [0, 0.05) is 17.3 Å². The quantitative estimate of drug-likeness (QED) is 0.728. The molecule has 0 saturated carbocycles. The molecule has 1 unspecified atom stereocenters. The lowest BCUT2D eigenvalue weighted by Crippen LogP contribution is -2.19. The second-order valence-corrected chi connectivity index (χ2v) is 7.29. The van der Waals surface area contributed by atoms with E-state index in [9.17, 15) is 4.79 Å². The van der Waals surface area contributed by atoms with E-state index in [0.717, 1.165) is 35.2 Å². The summed E-state index contributed by atoms with van der Waals surface area (Å²) in [4.78, 5) is 13.1. The van der Waals surface area contributed by atoms with Crippen molar-refractivity contribution in [2.75, 3.05) is 5.32 Å². The first-order valence-electron chi connectivity index (χ1n) is 9.34. The lowest BCUT2D eigenvalue weighted by molar-refractivity contribution is 0.102. The molecule has 3 aromatic rings. The Hall–Kier alpha value is -3.42. The Kier molecular flexibility index (Phi) is 4.68. The fourth-order valence-corrected chi connectivity index (χ4v) is 3.88. The maximum atomic E-state index is 13.1. The van der Waals surface area contributed by atoms with E-state index in [4.69, 9.17) is 11.0 Å². The van der Waals surface area contributed by atoms with Crippen LogP contribution in [0.3, 0.4) is 0 Å². The number of nitrogens with two attached hydrogens (primary N) is 1. The van der Waals surface area contributed by atoms with Crippen molar-refractivity contribution in [3.05, 3.63) is 88.5 Å². The molecule has 3 N–H and O–H groups in total. The summed E-state index contributed by atoms with van der Waals surface area (Å²) in [5.74, 6) is -0.148. The van der Waals surface area contributed by atoms with Gasteiger partial charge in [-0.3, -0.25) is 4.79 Å². The summed E-state index contributed by atoms with van der Waals surface area (Å²) in [6.45, 7) is 1.99. The van der Waals surface area contributed by atoms with Gasteiger partial charge in [-0.1, -0.05) is 30.3 Å². The van der Waals surface area contributed by atoms with Crippen LogP contribution < -0.4 is 11.1 Å².